The fraction of sp³-hybridized carbons (Fsp3) is 0.333. The minimum atomic E-state index is -0.590. The van der Waals surface area contributed by atoms with E-state index in [0.717, 1.165) is 0 Å². The van der Waals surface area contributed by atoms with E-state index in [1.807, 2.05) is 13.8 Å². The molecule has 0 atom stereocenters. The Morgan fingerprint density at radius 3 is 2.76 bits per heavy atom. The summed E-state index contributed by atoms with van der Waals surface area (Å²) in [6, 6.07) is 4.56. The molecule has 0 fully saturated rings. The van der Waals surface area contributed by atoms with Crippen molar-refractivity contribution in [1.82, 2.24) is 4.98 Å². The molecule has 2 rings (SSSR count). The fourth-order valence-corrected chi connectivity index (χ4v) is 2.39. The Kier molecular flexibility index (Phi) is 4.77. The van der Waals surface area contributed by atoms with Gasteiger partial charge in [-0.1, -0.05) is 19.9 Å². The Labute approximate surface area is 130 Å². The monoisotopic (exact) mass is 355 g/mol. The molecule has 0 bridgehead atoms. The maximum Gasteiger partial charge on any atom is 0.376 e. The van der Waals surface area contributed by atoms with Gasteiger partial charge in [0.25, 0.3) is 0 Å². The van der Waals surface area contributed by atoms with Crippen LogP contribution in [-0.4, -0.2) is 17.6 Å². The number of carbonyl (C=O) groups excluding carboxylic acids is 1. The van der Waals surface area contributed by atoms with Gasteiger partial charge in [0.1, 0.15) is 5.82 Å². The molecule has 0 N–H and O–H groups in total. The van der Waals surface area contributed by atoms with E-state index in [0.29, 0.717) is 10.2 Å². The predicted molar refractivity (Wildman–Crippen MR) is 79.6 cm³/mol. The number of carbonyl (C=O) groups is 1. The van der Waals surface area contributed by atoms with Crippen LogP contribution >= 0.6 is 15.9 Å². The summed E-state index contributed by atoms with van der Waals surface area (Å²) in [6.45, 7) is 5.69. The average Bonchev–Trinajstić information content (AvgIpc) is 2.84. The number of aromatic nitrogens is 1. The summed E-state index contributed by atoms with van der Waals surface area (Å²) < 4.78 is 24.9. The lowest BCUT2D eigenvalue weighted by Crippen LogP contribution is -2.07. The maximum atomic E-state index is 14.0. The first-order valence-corrected chi connectivity index (χ1v) is 7.37. The van der Waals surface area contributed by atoms with Crippen molar-refractivity contribution in [1.29, 1.82) is 0 Å². The maximum absolute atomic E-state index is 14.0. The van der Waals surface area contributed by atoms with Crippen LogP contribution in [0.3, 0.4) is 0 Å². The van der Waals surface area contributed by atoms with Crippen LogP contribution in [0.15, 0.2) is 27.1 Å². The van der Waals surface area contributed by atoms with Crippen molar-refractivity contribution in [2.75, 3.05) is 6.61 Å². The molecule has 21 heavy (non-hydrogen) atoms. The van der Waals surface area contributed by atoms with E-state index in [4.69, 9.17) is 9.15 Å². The van der Waals surface area contributed by atoms with Gasteiger partial charge < -0.3 is 9.15 Å². The van der Waals surface area contributed by atoms with Crippen molar-refractivity contribution in [3.63, 3.8) is 0 Å². The summed E-state index contributed by atoms with van der Waals surface area (Å²) in [7, 11) is 0. The number of halogens is 2. The van der Waals surface area contributed by atoms with E-state index in [1.54, 1.807) is 19.1 Å². The lowest BCUT2D eigenvalue weighted by molar-refractivity contribution is 0.0488. The summed E-state index contributed by atoms with van der Waals surface area (Å²) in [5.74, 6) is -1.03. The Balaban J connectivity index is 2.57. The number of hydrogen-bond donors (Lipinski definition) is 0. The fourth-order valence-electron chi connectivity index (χ4n) is 1.88. The molecule has 1 aromatic carbocycles. The normalized spacial score (nSPS) is 11.0. The van der Waals surface area contributed by atoms with E-state index in [-0.39, 0.29) is 29.7 Å². The molecule has 0 aliphatic rings. The Bertz CT molecular complexity index is 647. The molecule has 112 valence electrons. The first kappa shape index (κ1) is 15.7. The van der Waals surface area contributed by atoms with Crippen LogP contribution in [0.4, 0.5) is 4.39 Å². The van der Waals surface area contributed by atoms with E-state index >= 15 is 0 Å². The van der Waals surface area contributed by atoms with Crippen LogP contribution in [0.5, 0.6) is 0 Å². The predicted octanol–water partition coefficient (Wildman–Crippen LogP) is 4.54. The van der Waals surface area contributed by atoms with Gasteiger partial charge in [0.2, 0.25) is 11.7 Å². The third-order valence-electron chi connectivity index (χ3n) is 2.84. The second-order valence-corrected chi connectivity index (χ2v) is 5.56. The van der Waals surface area contributed by atoms with Crippen molar-refractivity contribution in [2.24, 2.45) is 0 Å². The van der Waals surface area contributed by atoms with Gasteiger partial charge in [0.15, 0.2) is 0 Å². The quantitative estimate of drug-likeness (QED) is 0.755. The molecule has 6 heteroatoms. The smallest absolute Gasteiger partial charge is 0.376 e. The highest BCUT2D eigenvalue weighted by molar-refractivity contribution is 9.10. The molecule has 0 radical (unpaired) electrons. The van der Waals surface area contributed by atoms with Crippen LogP contribution in [-0.2, 0) is 4.74 Å². The molecule has 0 saturated carbocycles. The topological polar surface area (TPSA) is 52.3 Å². The number of oxazole rings is 1. The third-order valence-corrected chi connectivity index (χ3v) is 3.50. The zero-order chi connectivity index (χ0) is 15.6. The lowest BCUT2D eigenvalue weighted by atomic mass is 10.1. The lowest BCUT2D eigenvalue weighted by Gasteiger charge is -2.02. The molecule has 0 aliphatic carbocycles. The summed E-state index contributed by atoms with van der Waals surface area (Å²) in [4.78, 5) is 16.2. The summed E-state index contributed by atoms with van der Waals surface area (Å²) in [6.07, 6.45) is 0. The van der Waals surface area contributed by atoms with Gasteiger partial charge in [-0.3, -0.25) is 0 Å². The Morgan fingerprint density at radius 1 is 1.48 bits per heavy atom. The van der Waals surface area contributed by atoms with Gasteiger partial charge in [0.05, 0.1) is 17.9 Å². The first-order valence-electron chi connectivity index (χ1n) is 6.57. The highest BCUT2D eigenvalue weighted by Gasteiger charge is 2.26. The third kappa shape index (κ3) is 3.15. The standard InChI is InChI=1S/C15H15BrFNO3/c1-4-20-15(19)13-12(8(2)3)18-14(21-13)11-9(16)6-5-7-10(11)17/h5-8H,4H2,1-3H3. The van der Waals surface area contributed by atoms with E-state index < -0.39 is 11.8 Å². The second-order valence-electron chi connectivity index (χ2n) is 4.71. The molecule has 0 aliphatic heterocycles. The zero-order valence-corrected chi connectivity index (χ0v) is 13.5. The van der Waals surface area contributed by atoms with Crippen molar-refractivity contribution in [3.8, 4) is 11.5 Å². The largest absolute Gasteiger partial charge is 0.460 e. The molecule has 0 amide bonds. The SMILES string of the molecule is CCOC(=O)c1oc(-c2c(F)cccc2Br)nc1C(C)C. The van der Waals surface area contributed by atoms with Crippen LogP contribution in [0.2, 0.25) is 0 Å². The van der Waals surface area contributed by atoms with Crippen molar-refractivity contribution in [2.45, 2.75) is 26.7 Å². The van der Waals surface area contributed by atoms with Crippen molar-refractivity contribution in [3.05, 3.63) is 39.9 Å². The summed E-state index contributed by atoms with van der Waals surface area (Å²) >= 11 is 3.27. The molecular formula is C15H15BrFNO3. The molecular weight excluding hydrogens is 341 g/mol. The first-order chi connectivity index (χ1) is 9.95. The summed E-state index contributed by atoms with van der Waals surface area (Å²) in [5, 5.41) is 0. The van der Waals surface area contributed by atoms with E-state index in [9.17, 15) is 9.18 Å². The van der Waals surface area contributed by atoms with Gasteiger partial charge >= 0.3 is 5.97 Å². The number of nitrogens with zero attached hydrogens (tertiary/aromatic N) is 1. The van der Waals surface area contributed by atoms with E-state index in [2.05, 4.69) is 20.9 Å². The van der Waals surface area contributed by atoms with E-state index in [1.165, 1.54) is 6.07 Å². The van der Waals surface area contributed by atoms with Crippen LogP contribution in [0.25, 0.3) is 11.5 Å². The van der Waals surface area contributed by atoms with Crippen molar-refractivity contribution >= 4 is 21.9 Å². The van der Waals surface area contributed by atoms with Gasteiger partial charge in [-0.2, -0.15) is 0 Å². The van der Waals surface area contributed by atoms with Crippen LogP contribution in [0, 0.1) is 5.82 Å². The molecule has 0 spiro atoms. The van der Waals surface area contributed by atoms with Crippen LogP contribution < -0.4 is 0 Å². The second kappa shape index (κ2) is 6.39. The van der Waals surface area contributed by atoms with Gasteiger partial charge in [0, 0.05) is 4.47 Å². The number of benzene rings is 1. The van der Waals surface area contributed by atoms with Gasteiger partial charge in [-0.25, -0.2) is 14.2 Å². The Hall–Kier alpha value is -1.69. The molecule has 2 aromatic rings. The number of esters is 1. The number of rotatable bonds is 4. The average molecular weight is 356 g/mol. The summed E-state index contributed by atoms with van der Waals surface area (Å²) in [5.41, 5.74) is 0.647. The Morgan fingerprint density at radius 2 is 2.19 bits per heavy atom. The highest BCUT2D eigenvalue weighted by Crippen LogP contribution is 2.33. The van der Waals surface area contributed by atoms with Crippen molar-refractivity contribution < 1.29 is 18.3 Å². The zero-order valence-electron chi connectivity index (χ0n) is 11.9. The molecule has 0 unspecified atom stereocenters. The molecule has 1 heterocycles. The molecule has 4 nitrogen and oxygen atoms in total. The molecule has 1 aromatic heterocycles. The van der Waals surface area contributed by atoms with Gasteiger partial charge in [-0.15, -0.1) is 0 Å². The highest BCUT2D eigenvalue weighted by atomic mass is 79.9. The minimum absolute atomic E-state index is 0.0250. The van der Waals surface area contributed by atoms with Crippen LogP contribution in [0.1, 0.15) is 42.9 Å². The number of ether oxygens (including phenoxy) is 1. The minimum Gasteiger partial charge on any atom is -0.460 e. The molecule has 0 saturated heterocycles. The van der Waals surface area contributed by atoms with Gasteiger partial charge in [-0.05, 0) is 40.9 Å². The number of hydrogen-bond acceptors (Lipinski definition) is 4.